The molecule has 1 N–H and O–H groups in total. The predicted octanol–water partition coefficient (Wildman–Crippen LogP) is 2.40. The summed E-state index contributed by atoms with van der Waals surface area (Å²) >= 11 is 3.34. The van der Waals surface area contributed by atoms with Crippen LogP contribution in [0.1, 0.15) is 38.1 Å². The van der Waals surface area contributed by atoms with Gasteiger partial charge in [0.2, 0.25) is 0 Å². The largest absolute Gasteiger partial charge is 0.465 e. The SMILES string of the molecule is CCNC1(C(=O)OCC)CCC(Sc2nnc(C)s2)C1. The molecule has 2 atom stereocenters. The predicted molar refractivity (Wildman–Crippen MR) is 81.2 cm³/mol. The zero-order valence-electron chi connectivity index (χ0n) is 12.1. The van der Waals surface area contributed by atoms with Crippen molar-refractivity contribution in [3.63, 3.8) is 0 Å². The molecule has 1 aromatic rings. The van der Waals surface area contributed by atoms with Crippen molar-refractivity contribution in [3.05, 3.63) is 5.01 Å². The smallest absolute Gasteiger partial charge is 0.326 e. The fourth-order valence-electron chi connectivity index (χ4n) is 2.60. The molecule has 0 aromatic carbocycles. The molecule has 1 heterocycles. The third-order valence-corrected chi connectivity index (χ3v) is 5.62. The van der Waals surface area contributed by atoms with Crippen LogP contribution in [-0.2, 0) is 9.53 Å². The number of thioether (sulfide) groups is 1. The highest BCUT2D eigenvalue weighted by molar-refractivity contribution is 8.01. The van der Waals surface area contributed by atoms with Crippen molar-refractivity contribution in [1.29, 1.82) is 0 Å². The van der Waals surface area contributed by atoms with Gasteiger partial charge in [-0.2, -0.15) is 0 Å². The molecule has 1 aliphatic carbocycles. The summed E-state index contributed by atoms with van der Waals surface area (Å²) in [6.07, 6.45) is 2.62. The van der Waals surface area contributed by atoms with E-state index in [0.717, 1.165) is 35.2 Å². The topological polar surface area (TPSA) is 64.1 Å². The summed E-state index contributed by atoms with van der Waals surface area (Å²) in [5.41, 5.74) is -0.512. The average Bonchev–Trinajstić information content (AvgIpc) is 2.99. The maximum absolute atomic E-state index is 12.2. The third kappa shape index (κ3) is 3.51. The van der Waals surface area contributed by atoms with Gasteiger partial charge in [-0.25, -0.2) is 0 Å². The van der Waals surface area contributed by atoms with Gasteiger partial charge in [-0.15, -0.1) is 10.2 Å². The summed E-state index contributed by atoms with van der Waals surface area (Å²) in [5, 5.41) is 12.9. The normalized spacial score (nSPS) is 25.9. The Morgan fingerprint density at radius 3 is 2.95 bits per heavy atom. The zero-order chi connectivity index (χ0) is 14.6. The summed E-state index contributed by atoms with van der Waals surface area (Å²) in [7, 11) is 0. The van der Waals surface area contributed by atoms with Crippen molar-refractivity contribution in [2.24, 2.45) is 0 Å². The van der Waals surface area contributed by atoms with Crippen LogP contribution >= 0.6 is 23.1 Å². The Labute approximate surface area is 127 Å². The number of nitrogens with one attached hydrogen (secondary N) is 1. The van der Waals surface area contributed by atoms with E-state index < -0.39 is 5.54 Å². The van der Waals surface area contributed by atoms with Crippen molar-refractivity contribution >= 4 is 29.1 Å². The van der Waals surface area contributed by atoms with Crippen molar-refractivity contribution < 1.29 is 9.53 Å². The summed E-state index contributed by atoms with van der Waals surface area (Å²) in [5.74, 6) is -0.113. The minimum absolute atomic E-state index is 0.113. The second kappa shape index (κ2) is 6.87. The van der Waals surface area contributed by atoms with Crippen LogP contribution in [0.2, 0.25) is 0 Å². The van der Waals surface area contributed by atoms with E-state index in [1.165, 1.54) is 0 Å². The second-order valence-electron chi connectivity index (χ2n) is 4.90. The Kier molecular flexibility index (Phi) is 5.40. The maximum atomic E-state index is 12.2. The first kappa shape index (κ1) is 15.7. The lowest BCUT2D eigenvalue weighted by atomic mass is 9.98. The molecule has 0 spiro atoms. The Balaban J connectivity index is 2.01. The number of ether oxygens (including phenoxy) is 1. The lowest BCUT2D eigenvalue weighted by molar-refractivity contribution is -0.151. The van der Waals surface area contributed by atoms with Crippen LogP contribution in [0, 0.1) is 6.92 Å². The first-order valence-corrected chi connectivity index (χ1v) is 8.68. The molecule has 112 valence electrons. The van der Waals surface area contributed by atoms with Gasteiger partial charge >= 0.3 is 5.97 Å². The van der Waals surface area contributed by atoms with Gasteiger partial charge in [0.15, 0.2) is 4.34 Å². The van der Waals surface area contributed by atoms with E-state index in [1.54, 1.807) is 23.1 Å². The number of esters is 1. The number of hydrogen-bond acceptors (Lipinski definition) is 7. The molecule has 2 rings (SSSR count). The Morgan fingerprint density at radius 2 is 2.35 bits per heavy atom. The lowest BCUT2D eigenvalue weighted by Crippen LogP contribution is -2.51. The molecular weight excluding hydrogens is 294 g/mol. The van der Waals surface area contributed by atoms with Crippen molar-refractivity contribution in [3.8, 4) is 0 Å². The highest BCUT2D eigenvalue weighted by atomic mass is 32.2. The number of nitrogens with zero attached hydrogens (tertiary/aromatic N) is 2. The van der Waals surface area contributed by atoms with Crippen LogP contribution in [0.5, 0.6) is 0 Å². The molecule has 0 amide bonds. The van der Waals surface area contributed by atoms with Gasteiger partial charge in [0.1, 0.15) is 10.5 Å². The van der Waals surface area contributed by atoms with Crippen LogP contribution in [0.25, 0.3) is 0 Å². The number of carbonyl (C=O) groups excluding carboxylic acids is 1. The molecule has 1 aromatic heterocycles. The highest BCUT2D eigenvalue weighted by Crippen LogP contribution is 2.41. The van der Waals surface area contributed by atoms with Gasteiger partial charge in [-0.05, 0) is 39.7 Å². The van der Waals surface area contributed by atoms with Crippen LogP contribution in [-0.4, -0.2) is 40.1 Å². The first-order chi connectivity index (χ1) is 9.59. The number of carbonyl (C=O) groups is 1. The summed E-state index contributed by atoms with van der Waals surface area (Å²) in [6.45, 7) is 7.03. The molecule has 5 nitrogen and oxygen atoms in total. The van der Waals surface area contributed by atoms with E-state index in [9.17, 15) is 4.79 Å². The number of aromatic nitrogens is 2. The van der Waals surface area contributed by atoms with Gasteiger partial charge in [0.25, 0.3) is 0 Å². The van der Waals surface area contributed by atoms with E-state index in [0.29, 0.717) is 11.9 Å². The zero-order valence-corrected chi connectivity index (χ0v) is 13.8. The van der Waals surface area contributed by atoms with Crippen molar-refractivity contribution in [2.75, 3.05) is 13.2 Å². The number of rotatable bonds is 6. The summed E-state index contributed by atoms with van der Waals surface area (Å²) < 4.78 is 6.24. The van der Waals surface area contributed by atoms with E-state index in [-0.39, 0.29) is 5.97 Å². The highest BCUT2D eigenvalue weighted by Gasteiger charge is 2.46. The van der Waals surface area contributed by atoms with E-state index in [2.05, 4.69) is 15.5 Å². The fourth-order valence-corrected chi connectivity index (χ4v) is 4.95. The molecule has 20 heavy (non-hydrogen) atoms. The van der Waals surface area contributed by atoms with E-state index in [1.807, 2.05) is 20.8 Å². The quantitative estimate of drug-likeness (QED) is 0.813. The number of hydrogen-bond donors (Lipinski definition) is 1. The Hall–Kier alpha value is -0.660. The molecule has 1 saturated carbocycles. The van der Waals surface area contributed by atoms with Gasteiger partial charge in [-0.3, -0.25) is 4.79 Å². The molecule has 0 aliphatic heterocycles. The van der Waals surface area contributed by atoms with E-state index in [4.69, 9.17) is 4.74 Å². The first-order valence-electron chi connectivity index (χ1n) is 6.98. The molecule has 1 fully saturated rings. The maximum Gasteiger partial charge on any atom is 0.326 e. The van der Waals surface area contributed by atoms with Crippen LogP contribution in [0.4, 0.5) is 0 Å². The second-order valence-corrected chi connectivity index (χ2v) is 7.63. The van der Waals surface area contributed by atoms with Gasteiger partial charge < -0.3 is 10.1 Å². The molecule has 0 radical (unpaired) electrons. The minimum Gasteiger partial charge on any atom is -0.465 e. The Morgan fingerprint density at radius 1 is 1.55 bits per heavy atom. The number of aryl methyl sites for hydroxylation is 1. The Bertz CT molecular complexity index is 466. The van der Waals surface area contributed by atoms with Crippen molar-refractivity contribution in [1.82, 2.24) is 15.5 Å². The number of likely N-dealkylation sites (N-methyl/N-ethyl adjacent to an activating group) is 1. The fraction of sp³-hybridized carbons (Fsp3) is 0.769. The molecule has 7 heteroatoms. The standard InChI is InChI=1S/C13H21N3O2S2/c1-4-14-13(11(17)18-5-2)7-6-10(8-13)20-12-16-15-9(3)19-12/h10,14H,4-8H2,1-3H3. The summed E-state index contributed by atoms with van der Waals surface area (Å²) in [6, 6.07) is 0. The monoisotopic (exact) mass is 315 g/mol. The third-order valence-electron chi connectivity index (χ3n) is 3.43. The minimum atomic E-state index is -0.512. The molecule has 0 saturated heterocycles. The van der Waals surface area contributed by atoms with E-state index >= 15 is 0 Å². The molecular formula is C13H21N3O2S2. The lowest BCUT2D eigenvalue weighted by Gasteiger charge is -2.27. The van der Waals surface area contributed by atoms with Gasteiger partial charge in [0.05, 0.1) is 6.61 Å². The van der Waals surface area contributed by atoms with Crippen LogP contribution in [0.3, 0.4) is 0 Å². The van der Waals surface area contributed by atoms with Crippen LogP contribution in [0.15, 0.2) is 4.34 Å². The molecule has 1 aliphatic rings. The van der Waals surface area contributed by atoms with Crippen molar-refractivity contribution in [2.45, 2.75) is 55.2 Å². The summed E-state index contributed by atoms with van der Waals surface area (Å²) in [4.78, 5) is 12.2. The van der Waals surface area contributed by atoms with Gasteiger partial charge in [-0.1, -0.05) is 30.0 Å². The van der Waals surface area contributed by atoms with Crippen LogP contribution < -0.4 is 5.32 Å². The van der Waals surface area contributed by atoms with Gasteiger partial charge in [0, 0.05) is 5.25 Å². The molecule has 0 bridgehead atoms. The average molecular weight is 315 g/mol. The molecule has 2 unspecified atom stereocenters.